The van der Waals surface area contributed by atoms with Gasteiger partial charge in [0.25, 0.3) is 5.91 Å². The normalized spacial score (nSPS) is 11.9. The minimum absolute atomic E-state index is 0.0322. The monoisotopic (exact) mass is 271 g/mol. The smallest absolute Gasteiger partial charge is 0.268 e. The highest BCUT2D eigenvalue weighted by Crippen LogP contribution is 2.17. The molecule has 0 saturated heterocycles. The molecule has 0 radical (unpaired) electrons. The molecule has 0 saturated carbocycles. The van der Waals surface area contributed by atoms with Gasteiger partial charge in [-0.2, -0.15) is 0 Å². The Morgan fingerprint density at radius 2 is 1.89 bits per heavy atom. The average molecular weight is 271 g/mol. The van der Waals surface area contributed by atoms with E-state index < -0.39 is 31.3 Å². The Hall–Kier alpha value is -1.57. The van der Waals surface area contributed by atoms with E-state index in [0.717, 1.165) is 0 Å². The number of nitrogens with one attached hydrogen (secondary N) is 1. The van der Waals surface area contributed by atoms with Gasteiger partial charge in [0.1, 0.15) is 11.2 Å². The van der Waals surface area contributed by atoms with Gasteiger partial charge in [-0.25, -0.2) is 0 Å². The zero-order valence-corrected chi connectivity index (χ0v) is 11.1. The molecule has 6 N–H and O–H groups in total. The van der Waals surface area contributed by atoms with Gasteiger partial charge in [-0.15, -0.1) is 0 Å². The number of carbonyl (C=O) groups is 1. The van der Waals surface area contributed by atoms with Gasteiger partial charge >= 0.3 is 0 Å². The van der Waals surface area contributed by atoms with Gasteiger partial charge in [-0.3, -0.25) is 4.79 Å². The van der Waals surface area contributed by atoms with E-state index >= 15 is 0 Å². The first-order chi connectivity index (χ1) is 8.89. The van der Waals surface area contributed by atoms with Gasteiger partial charge < -0.3 is 30.9 Å². The third kappa shape index (κ3) is 3.25. The summed E-state index contributed by atoms with van der Waals surface area (Å²) in [5.41, 5.74) is 4.98. The van der Waals surface area contributed by atoms with E-state index in [9.17, 15) is 20.1 Å². The molecule has 1 aromatic heterocycles. The molecule has 1 heterocycles. The zero-order chi connectivity index (χ0) is 14.6. The first-order valence-electron chi connectivity index (χ1n) is 6.01. The Labute approximate surface area is 111 Å². The second-order valence-electron chi connectivity index (χ2n) is 4.87. The molecular weight excluding hydrogens is 250 g/mol. The lowest BCUT2D eigenvalue weighted by Crippen LogP contribution is -2.57. The van der Waals surface area contributed by atoms with Crippen molar-refractivity contribution in [2.45, 2.75) is 25.4 Å². The number of nitrogens with zero attached hydrogens (tertiary/aromatic N) is 1. The van der Waals surface area contributed by atoms with Crippen LogP contribution in [0.4, 0.5) is 5.69 Å². The molecule has 0 aliphatic heterocycles. The summed E-state index contributed by atoms with van der Waals surface area (Å²) in [5, 5.41) is 30.0. The van der Waals surface area contributed by atoms with Gasteiger partial charge in [0.2, 0.25) is 0 Å². The number of hydrogen-bond donors (Lipinski definition) is 5. The first-order valence-corrected chi connectivity index (χ1v) is 6.01. The fourth-order valence-electron chi connectivity index (χ4n) is 1.68. The highest BCUT2D eigenvalue weighted by atomic mass is 16.3. The third-order valence-electron chi connectivity index (χ3n) is 2.95. The number of rotatable bonds is 6. The molecule has 0 atom stereocenters. The predicted octanol–water partition coefficient (Wildman–Crippen LogP) is -0.903. The van der Waals surface area contributed by atoms with E-state index in [0.29, 0.717) is 11.4 Å². The van der Waals surface area contributed by atoms with Crippen LogP contribution in [0.25, 0.3) is 0 Å². The molecule has 0 bridgehead atoms. The third-order valence-corrected chi connectivity index (χ3v) is 2.95. The van der Waals surface area contributed by atoms with Gasteiger partial charge in [0.05, 0.1) is 25.5 Å². The van der Waals surface area contributed by atoms with Crippen molar-refractivity contribution in [2.75, 3.05) is 25.6 Å². The lowest BCUT2D eigenvalue weighted by molar-refractivity contribution is 0.0371. The van der Waals surface area contributed by atoms with Crippen molar-refractivity contribution < 1.29 is 20.1 Å². The molecule has 108 valence electrons. The Bertz CT molecular complexity index is 430. The molecule has 0 aromatic carbocycles. The Morgan fingerprint density at radius 3 is 2.32 bits per heavy atom. The molecule has 7 nitrogen and oxygen atoms in total. The number of aromatic nitrogens is 1. The van der Waals surface area contributed by atoms with E-state index in [2.05, 4.69) is 5.32 Å². The van der Waals surface area contributed by atoms with Crippen LogP contribution in [0, 0.1) is 0 Å². The van der Waals surface area contributed by atoms with E-state index in [1.54, 1.807) is 10.8 Å². The Balaban J connectivity index is 3.01. The number of aliphatic hydroxyl groups is 3. The van der Waals surface area contributed by atoms with Crippen molar-refractivity contribution in [3.63, 3.8) is 0 Å². The van der Waals surface area contributed by atoms with Crippen LogP contribution in [0.2, 0.25) is 0 Å². The standard InChI is InChI=1S/C12H21N3O4/c1-8(2)15-4-9(13)3-10(15)11(19)14-12(5-16,6-17)7-18/h3-4,8,16-18H,5-7,13H2,1-2H3,(H,14,19). The van der Waals surface area contributed by atoms with Gasteiger partial charge in [-0.05, 0) is 19.9 Å². The van der Waals surface area contributed by atoms with Crippen molar-refractivity contribution in [1.29, 1.82) is 0 Å². The molecule has 0 aliphatic rings. The first kappa shape index (κ1) is 15.5. The van der Waals surface area contributed by atoms with Gasteiger partial charge in [-0.1, -0.05) is 0 Å². The summed E-state index contributed by atoms with van der Waals surface area (Å²) >= 11 is 0. The molecule has 0 fully saturated rings. The quantitative estimate of drug-likeness (QED) is 0.459. The lowest BCUT2D eigenvalue weighted by atomic mass is 10.0. The number of carbonyl (C=O) groups excluding carboxylic acids is 1. The summed E-state index contributed by atoms with van der Waals surface area (Å²) in [5.74, 6) is -0.512. The SMILES string of the molecule is CC(C)n1cc(N)cc1C(=O)NC(CO)(CO)CO. The second-order valence-corrected chi connectivity index (χ2v) is 4.87. The number of amides is 1. The lowest BCUT2D eigenvalue weighted by Gasteiger charge is -2.29. The maximum absolute atomic E-state index is 12.2. The maximum atomic E-state index is 12.2. The van der Waals surface area contributed by atoms with Crippen LogP contribution in [0.15, 0.2) is 12.3 Å². The summed E-state index contributed by atoms with van der Waals surface area (Å²) in [6.07, 6.45) is 1.64. The van der Waals surface area contributed by atoms with Crippen LogP contribution < -0.4 is 11.1 Å². The second kappa shape index (κ2) is 6.05. The minimum atomic E-state index is -1.45. The van der Waals surface area contributed by atoms with Gasteiger partial charge in [0.15, 0.2) is 0 Å². The van der Waals surface area contributed by atoms with Crippen LogP contribution in [-0.2, 0) is 0 Å². The van der Waals surface area contributed by atoms with Gasteiger partial charge in [0, 0.05) is 12.2 Å². The molecule has 0 aliphatic carbocycles. The summed E-state index contributed by atoms with van der Waals surface area (Å²) < 4.78 is 1.68. The molecular formula is C12H21N3O4. The number of nitrogen functional groups attached to an aromatic ring is 1. The summed E-state index contributed by atoms with van der Waals surface area (Å²) in [7, 11) is 0. The van der Waals surface area contributed by atoms with Crippen molar-refractivity contribution in [2.24, 2.45) is 0 Å². The number of aliphatic hydroxyl groups excluding tert-OH is 3. The van der Waals surface area contributed by atoms with Crippen molar-refractivity contribution in [3.05, 3.63) is 18.0 Å². The van der Waals surface area contributed by atoms with Crippen molar-refractivity contribution in [1.82, 2.24) is 9.88 Å². The van der Waals surface area contributed by atoms with Crippen molar-refractivity contribution >= 4 is 11.6 Å². The van der Waals surface area contributed by atoms with Crippen LogP contribution in [-0.4, -0.2) is 51.2 Å². The van der Waals surface area contributed by atoms with E-state index in [1.165, 1.54) is 6.07 Å². The van der Waals surface area contributed by atoms with Crippen LogP contribution in [0.5, 0.6) is 0 Å². The van der Waals surface area contributed by atoms with Crippen molar-refractivity contribution in [3.8, 4) is 0 Å². The topological polar surface area (TPSA) is 121 Å². The predicted molar refractivity (Wildman–Crippen MR) is 70.7 cm³/mol. The number of nitrogens with two attached hydrogens (primary N) is 1. The molecule has 1 amide bonds. The summed E-state index contributed by atoms with van der Waals surface area (Å²) in [4.78, 5) is 12.2. The van der Waals surface area contributed by atoms with Crippen LogP contribution in [0.1, 0.15) is 30.4 Å². The van der Waals surface area contributed by atoms with Crippen LogP contribution >= 0.6 is 0 Å². The fourth-order valence-corrected chi connectivity index (χ4v) is 1.68. The van der Waals surface area contributed by atoms with E-state index in [1.807, 2.05) is 13.8 Å². The Kier molecular flexibility index (Phi) is 4.93. The summed E-state index contributed by atoms with van der Waals surface area (Å²) in [6.45, 7) is 2.10. The molecule has 1 aromatic rings. The molecule has 1 rings (SSSR count). The fraction of sp³-hybridized carbons (Fsp3) is 0.583. The molecule has 19 heavy (non-hydrogen) atoms. The molecule has 0 spiro atoms. The number of hydrogen-bond acceptors (Lipinski definition) is 5. The highest BCUT2D eigenvalue weighted by Gasteiger charge is 2.31. The molecule has 0 unspecified atom stereocenters. The van der Waals surface area contributed by atoms with E-state index in [4.69, 9.17) is 5.73 Å². The van der Waals surface area contributed by atoms with Crippen LogP contribution in [0.3, 0.4) is 0 Å². The average Bonchev–Trinajstić information content (AvgIpc) is 2.78. The summed E-state index contributed by atoms with van der Waals surface area (Å²) in [6, 6.07) is 1.54. The highest BCUT2D eigenvalue weighted by molar-refractivity contribution is 5.94. The number of anilines is 1. The van der Waals surface area contributed by atoms with E-state index in [-0.39, 0.29) is 6.04 Å². The minimum Gasteiger partial charge on any atom is -0.397 e. The zero-order valence-electron chi connectivity index (χ0n) is 11.1. The largest absolute Gasteiger partial charge is 0.397 e. The maximum Gasteiger partial charge on any atom is 0.268 e. The Morgan fingerprint density at radius 1 is 1.37 bits per heavy atom. The molecule has 7 heteroatoms.